The first kappa shape index (κ1) is 48.5. The van der Waals surface area contributed by atoms with Crippen LogP contribution in [-0.2, 0) is 47.4 Å². The normalized spacial score (nSPS) is 51.0. The first-order chi connectivity index (χ1) is 27.9. The minimum Gasteiger partial charge on any atom is -0.394 e. The third kappa shape index (κ3) is 10.2. The lowest BCUT2D eigenvalue weighted by atomic mass is 9.94. The molecule has 17 N–H and O–H groups in total. The highest BCUT2D eigenvalue weighted by atomic mass is 16.8. The Hall–Kier alpha value is -1.53. The highest BCUT2D eigenvalue weighted by Gasteiger charge is 2.57. The maximum Gasteiger partial charge on any atom is 0.217 e. The van der Waals surface area contributed by atoms with Gasteiger partial charge in [0.1, 0.15) is 122 Å². The number of aliphatic hydroxyl groups is 16. The van der Waals surface area contributed by atoms with Crippen LogP contribution < -0.4 is 5.32 Å². The maximum absolute atomic E-state index is 12.4. The summed E-state index contributed by atoms with van der Waals surface area (Å²) in [6.07, 6.45) is -44.4. The van der Waals surface area contributed by atoms with Gasteiger partial charge in [-0.05, 0) is 0 Å². The number of ether oxygens (including phenoxy) is 9. The van der Waals surface area contributed by atoms with Crippen LogP contribution in [0, 0.1) is 0 Å². The Labute approximate surface area is 333 Å². The van der Waals surface area contributed by atoms with E-state index in [0.29, 0.717) is 0 Å². The molecule has 59 heavy (non-hydrogen) atoms. The van der Waals surface area contributed by atoms with E-state index in [-0.39, 0.29) is 0 Å². The van der Waals surface area contributed by atoms with Crippen LogP contribution in [-0.4, -0.2) is 274 Å². The van der Waals surface area contributed by atoms with Crippen LogP contribution in [0.2, 0.25) is 0 Å². The second-order valence-corrected chi connectivity index (χ2v) is 14.7. The summed E-state index contributed by atoms with van der Waals surface area (Å²) in [5.74, 6) is -0.805. The molecule has 21 unspecified atom stereocenters. The molecule has 25 atom stereocenters. The molecule has 5 aliphatic heterocycles. The van der Waals surface area contributed by atoms with E-state index in [1.165, 1.54) is 0 Å². The average molecular weight is 870 g/mol. The third-order valence-electron chi connectivity index (χ3n) is 10.7. The van der Waals surface area contributed by atoms with Crippen LogP contribution in [0.25, 0.3) is 0 Å². The Morgan fingerprint density at radius 3 is 1.29 bits per heavy atom. The standard InChI is InChI=1S/C32H55NO26/c1-7(39)33-13-26(58-30-21(47)17(43)14(40)8(2-34)53-30)15(41)9(3-35)52-29(13)59-27-16(42)10(4-36)54-32(23(27)49)57-25-12(6-38)55-31(22(48)19(25)45)56-24-11(5-37)51-28(50)20(46)18(24)44/h8-32,34-38,40-50H,2-6H2,1H3,(H,33,39)/t8?,9?,10?,11?,12?,13?,14-,15?,16+,17-,18?,19?,20?,21?,22?,23?,24?,25?,26?,27-,28?,29?,30?,31?,32?/m0/s1. The van der Waals surface area contributed by atoms with E-state index in [1.807, 2.05) is 0 Å². The highest BCUT2D eigenvalue weighted by molar-refractivity contribution is 5.73. The van der Waals surface area contributed by atoms with E-state index < -0.39 is 192 Å². The zero-order valence-electron chi connectivity index (χ0n) is 31.2. The van der Waals surface area contributed by atoms with Crippen molar-refractivity contribution in [2.24, 2.45) is 0 Å². The Balaban J connectivity index is 1.35. The minimum atomic E-state index is -2.15. The predicted octanol–water partition coefficient (Wildman–Crippen LogP) is -11.8. The van der Waals surface area contributed by atoms with Gasteiger partial charge in [0, 0.05) is 6.92 Å². The van der Waals surface area contributed by atoms with Gasteiger partial charge in [-0.2, -0.15) is 0 Å². The van der Waals surface area contributed by atoms with Crippen LogP contribution >= 0.6 is 0 Å². The van der Waals surface area contributed by atoms with Gasteiger partial charge in [-0.15, -0.1) is 0 Å². The maximum atomic E-state index is 12.4. The molecule has 0 aromatic heterocycles. The van der Waals surface area contributed by atoms with Crippen LogP contribution in [0.5, 0.6) is 0 Å². The molecule has 0 saturated carbocycles. The average Bonchev–Trinajstić information content (AvgIpc) is 3.21. The summed E-state index contributed by atoms with van der Waals surface area (Å²) in [6.45, 7) is -3.58. The molecule has 0 aromatic carbocycles. The van der Waals surface area contributed by atoms with E-state index >= 15 is 0 Å². The van der Waals surface area contributed by atoms with Gasteiger partial charge in [-0.25, -0.2) is 0 Å². The van der Waals surface area contributed by atoms with Crippen molar-refractivity contribution >= 4 is 5.91 Å². The molecule has 5 heterocycles. The molecule has 5 aliphatic rings. The molecule has 5 fully saturated rings. The van der Waals surface area contributed by atoms with Crippen molar-refractivity contribution in [2.75, 3.05) is 33.0 Å². The van der Waals surface area contributed by atoms with Crippen LogP contribution in [0.4, 0.5) is 0 Å². The lowest BCUT2D eigenvalue weighted by Crippen LogP contribution is -2.70. The minimum absolute atomic E-state index is 0.805. The van der Waals surface area contributed by atoms with Gasteiger partial charge in [0.15, 0.2) is 31.5 Å². The number of carbonyl (C=O) groups is 1. The smallest absolute Gasteiger partial charge is 0.217 e. The number of carbonyl (C=O) groups excluding carboxylic acids is 1. The fourth-order valence-electron chi connectivity index (χ4n) is 7.43. The van der Waals surface area contributed by atoms with Gasteiger partial charge in [0.2, 0.25) is 5.91 Å². The summed E-state index contributed by atoms with van der Waals surface area (Å²) >= 11 is 0. The van der Waals surface area contributed by atoms with Crippen LogP contribution in [0.3, 0.4) is 0 Å². The number of hydrogen-bond acceptors (Lipinski definition) is 26. The molecule has 0 bridgehead atoms. The summed E-state index contributed by atoms with van der Waals surface area (Å²) < 4.78 is 50.1. The zero-order chi connectivity index (χ0) is 43.6. The molecule has 27 nitrogen and oxygen atoms in total. The van der Waals surface area contributed by atoms with E-state index in [1.54, 1.807) is 0 Å². The van der Waals surface area contributed by atoms with E-state index in [9.17, 15) is 86.5 Å². The van der Waals surface area contributed by atoms with Crippen molar-refractivity contribution in [3.63, 3.8) is 0 Å². The van der Waals surface area contributed by atoms with E-state index in [0.717, 1.165) is 6.92 Å². The quantitative estimate of drug-likeness (QED) is 0.0770. The predicted molar refractivity (Wildman–Crippen MR) is 178 cm³/mol. The second kappa shape index (κ2) is 20.8. The number of nitrogens with one attached hydrogen (secondary N) is 1. The molecule has 27 heteroatoms. The summed E-state index contributed by atoms with van der Waals surface area (Å²) in [6, 6.07) is -1.67. The van der Waals surface area contributed by atoms with Gasteiger partial charge in [0.25, 0.3) is 0 Å². The van der Waals surface area contributed by atoms with Crippen LogP contribution in [0.1, 0.15) is 6.92 Å². The van der Waals surface area contributed by atoms with Crippen molar-refractivity contribution in [3.8, 4) is 0 Å². The van der Waals surface area contributed by atoms with Gasteiger partial charge in [0.05, 0.1) is 33.0 Å². The summed E-state index contributed by atoms with van der Waals surface area (Å²) in [7, 11) is 0. The molecule has 344 valence electrons. The molecular weight excluding hydrogens is 814 g/mol. The summed E-state index contributed by atoms with van der Waals surface area (Å²) in [5, 5.41) is 169. The molecule has 0 aromatic rings. The summed E-state index contributed by atoms with van der Waals surface area (Å²) in [5.41, 5.74) is 0. The fraction of sp³-hybridized carbons (Fsp3) is 0.969. The van der Waals surface area contributed by atoms with E-state index in [2.05, 4.69) is 5.32 Å². The topological polar surface area (TPSA) is 436 Å². The van der Waals surface area contributed by atoms with Gasteiger partial charge in [-0.3, -0.25) is 4.79 Å². The van der Waals surface area contributed by atoms with Crippen molar-refractivity contribution < 1.29 is 129 Å². The largest absolute Gasteiger partial charge is 0.394 e. The van der Waals surface area contributed by atoms with Gasteiger partial charge >= 0.3 is 0 Å². The number of hydrogen-bond donors (Lipinski definition) is 17. The Kier molecular flexibility index (Phi) is 17.1. The van der Waals surface area contributed by atoms with Gasteiger partial charge in [-0.1, -0.05) is 0 Å². The molecule has 0 aliphatic carbocycles. The van der Waals surface area contributed by atoms with Crippen molar-refractivity contribution in [1.82, 2.24) is 5.32 Å². The van der Waals surface area contributed by atoms with Crippen LogP contribution in [0.15, 0.2) is 0 Å². The molecule has 5 rings (SSSR count). The lowest BCUT2D eigenvalue weighted by Gasteiger charge is -2.50. The molecule has 1 amide bonds. The van der Waals surface area contributed by atoms with Crippen molar-refractivity contribution in [1.29, 1.82) is 0 Å². The Morgan fingerprint density at radius 2 is 0.780 bits per heavy atom. The summed E-state index contributed by atoms with van der Waals surface area (Å²) in [4.78, 5) is 12.4. The Morgan fingerprint density at radius 1 is 0.407 bits per heavy atom. The number of rotatable bonds is 14. The fourth-order valence-corrected chi connectivity index (χ4v) is 7.43. The van der Waals surface area contributed by atoms with Gasteiger partial charge < -0.3 is 130 Å². The molecule has 0 radical (unpaired) electrons. The number of aliphatic hydroxyl groups excluding tert-OH is 16. The molecule has 5 saturated heterocycles. The monoisotopic (exact) mass is 869 g/mol. The zero-order valence-corrected chi connectivity index (χ0v) is 31.2. The second-order valence-electron chi connectivity index (χ2n) is 14.7. The highest BCUT2D eigenvalue weighted by Crippen LogP contribution is 2.35. The molecule has 0 spiro atoms. The van der Waals surface area contributed by atoms with Crippen molar-refractivity contribution in [3.05, 3.63) is 0 Å². The SMILES string of the molecule is CC(=O)NC1C(O[C@@H]2C(O)C(OC3C(CO)OC(OC4C(CO)OC(O)C(O)C4O)C(O)C3O)OC(CO)[C@H]2O)OC(CO)C(O)C1OC1OC(CO)[C@H](O)[C@H](O)C1O. The first-order valence-electron chi connectivity index (χ1n) is 18.6. The van der Waals surface area contributed by atoms with E-state index in [4.69, 9.17) is 42.6 Å². The first-order valence-corrected chi connectivity index (χ1v) is 18.6. The third-order valence-corrected chi connectivity index (χ3v) is 10.7. The van der Waals surface area contributed by atoms with Crippen molar-refractivity contribution in [2.45, 2.75) is 160 Å². The number of amides is 1. The lowest BCUT2D eigenvalue weighted by molar-refractivity contribution is -0.388. The molecular formula is C32H55NO26. The Bertz CT molecular complexity index is 1320.